The van der Waals surface area contributed by atoms with Crippen molar-refractivity contribution in [2.75, 3.05) is 19.8 Å². The minimum atomic E-state index is -1.29. The Morgan fingerprint density at radius 2 is 1.64 bits per heavy atom. The van der Waals surface area contributed by atoms with E-state index in [1.165, 1.54) is 12.1 Å². The molecule has 0 radical (unpaired) electrons. The second kappa shape index (κ2) is 13.8. The number of halogens is 2. The van der Waals surface area contributed by atoms with Gasteiger partial charge in [0.05, 0.1) is 6.61 Å². The Hall–Kier alpha value is -4.01. The number of nitrogens with one attached hydrogen (secondary N) is 1. The second-order valence-corrected chi connectivity index (χ2v) is 11.1. The van der Waals surface area contributed by atoms with E-state index in [1.807, 2.05) is 78.9 Å². The summed E-state index contributed by atoms with van der Waals surface area (Å²) >= 11 is 3.50. The zero-order chi connectivity index (χ0) is 29.4. The van der Waals surface area contributed by atoms with Gasteiger partial charge in [0.15, 0.2) is 11.6 Å². The number of benzene rings is 4. The van der Waals surface area contributed by atoms with E-state index >= 15 is 0 Å². The number of aliphatic hydroxyl groups is 1. The van der Waals surface area contributed by atoms with Gasteiger partial charge < -0.3 is 19.9 Å². The third kappa shape index (κ3) is 7.06. The molecule has 0 fully saturated rings. The Labute approximate surface area is 253 Å². The largest absolute Gasteiger partial charge is 0.494 e. The van der Waals surface area contributed by atoms with E-state index in [4.69, 9.17) is 19.6 Å². The molecule has 216 valence electrons. The molecule has 0 aromatic heterocycles. The van der Waals surface area contributed by atoms with Crippen molar-refractivity contribution in [2.24, 2.45) is 4.99 Å². The minimum Gasteiger partial charge on any atom is -0.494 e. The van der Waals surface area contributed by atoms with Gasteiger partial charge in [-0.1, -0.05) is 70.5 Å². The van der Waals surface area contributed by atoms with Crippen molar-refractivity contribution in [3.63, 3.8) is 0 Å². The molecule has 0 spiro atoms. The number of hydrogen-bond donors (Lipinski definition) is 2. The highest BCUT2D eigenvalue weighted by molar-refractivity contribution is 9.10. The summed E-state index contributed by atoms with van der Waals surface area (Å²) in [7, 11) is 0. The first-order valence-corrected chi connectivity index (χ1v) is 14.7. The van der Waals surface area contributed by atoms with Gasteiger partial charge in [0.25, 0.3) is 5.91 Å². The molecule has 0 saturated carbocycles. The number of carbonyl (C=O) groups excluding carboxylic acids is 1. The second-order valence-electron chi connectivity index (χ2n) is 10.1. The van der Waals surface area contributed by atoms with Crippen molar-refractivity contribution in [3.8, 4) is 5.75 Å². The Kier molecular flexibility index (Phi) is 9.66. The van der Waals surface area contributed by atoms with Gasteiger partial charge >= 0.3 is 0 Å². The number of amides is 1. The number of hydrogen-bond acceptors (Lipinski definition) is 5. The summed E-state index contributed by atoms with van der Waals surface area (Å²) in [6, 6.07) is 31.2. The molecule has 0 bridgehead atoms. The van der Waals surface area contributed by atoms with E-state index < -0.39 is 11.6 Å². The lowest BCUT2D eigenvalue weighted by Gasteiger charge is -2.31. The number of aliphatic hydroxyl groups excluding tert-OH is 1. The molecule has 42 heavy (non-hydrogen) atoms. The maximum Gasteiger partial charge on any atom is 0.252 e. The minimum absolute atomic E-state index is 0.0655. The number of nitrogens with zero attached hydrogens (tertiary/aromatic N) is 1. The smallest absolute Gasteiger partial charge is 0.252 e. The van der Waals surface area contributed by atoms with Gasteiger partial charge in [0.2, 0.25) is 5.90 Å². The van der Waals surface area contributed by atoms with Gasteiger partial charge in [-0.3, -0.25) is 4.79 Å². The van der Waals surface area contributed by atoms with Crippen LogP contribution < -0.4 is 10.1 Å². The van der Waals surface area contributed by atoms with E-state index in [9.17, 15) is 9.18 Å². The van der Waals surface area contributed by atoms with Crippen LogP contribution in [0.4, 0.5) is 4.39 Å². The first-order valence-electron chi connectivity index (χ1n) is 13.9. The Morgan fingerprint density at radius 3 is 2.33 bits per heavy atom. The molecule has 1 aliphatic heterocycles. The molecule has 1 heterocycles. The van der Waals surface area contributed by atoms with E-state index in [1.54, 1.807) is 12.1 Å². The van der Waals surface area contributed by atoms with Crippen LogP contribution in [0.5, 0.6) is 5.75 Å². The fourth-order valence-electron chi connectivity index (χ4n) is 4.95. The van der Waals surface area contributed by atoms with Crippen LogP contribution in [-0.2, 0) is 22.4 Å². The van der Waals surface area contributed by atoms with Crippen LogP contribution in [0.25, 0.3) is 0 Å². The molecule has 4 aromatic carbocycles. The normalized spacial score (nSPS) is 17.8. The summed E-state index contributed by atoms with van der Waals surface area (Å²) in [5.74, 6) is 0.499. The van der Waals surface area contributed by atoms with Crippen LogP contribution in [0.1, 0.15) is 34.8 Å². The predicted octanol–water partition coefficient (Wildman–Crippen LogP) is 6.21. The number of rotatable bonds is 12. The predicted molar refractivity (Wildman–Crippen MR) is 164 cm³/mol. The van der Waals surface area contributed by atoms with E-state index in [0.717, 1.165) is 26.7 Å². The maximum absolute atomic E-state index is 14.2. The van der Waals surface area contributed by atoms with Crippen LogP contribution in [0.3, 0.4) is 0 Å². The van der Waals surface area contributed by atoms with Crippen LogP contribution in [0.15, 0.2) is 113 Å². The summed E-state index contributed by atoms with van der Waals surface area (Å²) in [6.07, 6.45) is 0.730. The fraction of sp³-hybridized carbons (Fsp3) is 0.235. The molecule has 2 atom stereocenters. The van der Waals surface area contributed by atoms with E-state index in [2.05, 4.69) is 21.2 Å². The summed E-state index contributed by atoms with van der Waals surface area (Å²) in [5, 5.41) is 12.1. The summed E-state index contributed by atoms with van der Waals surface area (Å²) in [4.78, 5) is 19.3. The lowest BCUT2D eigenvalue weighted by atomic mass is 9.82. The van der Waals surface area contributed by atoms with Crippen molar-refractivity contribution in [2.45, 2.75) is 30.9 Å². The van der Waals surface area contributed by atoms with Gasteiger partial charge in [0, 0.05) is 36.0 Å². The number of carbonyl (C=O) groups is 1. The van der Waals surface area contributed by atoms with Crippen molar-refractivity contribution < 1.29 is 23.8 Å². The van der Waals surface area contributed by atoms with Gasteiger partial charge in [-0.05, 0) is 71.6 Å². The van der Waals surface area contributed by atoms with Gasteiger partial charge in [-0.2, -0.15) is 0 Å². The van der Waals surface area contributed by atoms with Crippen LogP contribution in [-0.4, -0.2) is 42.2 Å². The highest BCUT2D eigenvalue weighted by Gasteiger charge is 2.53. The van der Waals surface area contributed by atoms with Gasteiger partial charge in [0.1, 0.15) is 11.6 Å². The highest BCUT2D eigenvalue weighted by Crippen LogP contribution is 2.42. The Bertz CT molecular complexity index is 1500. The topological polar surface area (TPSA) is 80.2 Å². The number of ether oxygens (including phenoxy) is 2. The monoisotopic (exact) mass is 630 g/mol. The van der Waals surface area contributed by atoms with Crippen molar-refractivity contribution in [1.29, 1.82) is 0 Å². The first kappa shape index (κ1) is 29.5. The molecule has 0 aliphatic carbocycles. The molecular weight excluding hydrogens is 599 g/mol. The third-order valence-electron chi connectivity index (χ3n) is 7.13. The Balaban J connectivity index is 1.49. The zero-order valence-electron chi connectivity index (χ0n) is 23.0. The lowest BCUT2D eigenvalue weighted by Crippen LogP contribution is -2.50. The summed E-state index contributed by atoms with van der Waals surface area (Å²) in [6.45, 7) is 0.840. The van der Waals surface area contributed by atoms with Crippen molar-refractivity contribution >= 4 is 27.7 Å². The highest BCUT2D eigenvalue weighted by atomic mass is 79.9. The van der Waals surface area contributed by atoms with Crippen molar-refractivity contribution in [3.05, 3.63) is 136 Å². The van der Waals surface area contributed by atoms with Crippen LogP contribution in [0, 0.1) is 5.82 Å². The van der Waals surface area contributed by atoms with E-state index in [0.29, 0.717) is 44.1 Å². The standard InChI is InChI=1S/C34H32BrFN2O4/c35-28-13-7-25(8-14-28)23-34(33(40)37-20-19-24-9-15-29(36)16-10-24)31(26-5-2-1-3-6-26)42-32(38-34)27-11-17-30(18-12-27)41-22-4-21-39/h1-3,5-18,31,39H,4,19-23H2,(H,37,40)/t31-,34-/m1/s1. The quantitative estimate of drug-likeness (QED) is 0.182. The summed E-state index contributed by atoms with van der Waals surface area (Å²) in [5.41, 5.74) is 2.14. The molecular formula is C34H32BrFN2O4. The maximum atomic E-state index is 14.2. The fourth-order valence-corrected chi connectivity index (χ4v) is 5.21. The molecule has 0 saturated heterocycles. The first-order chi connectivity index (χ1) is 20.5. The molecule has 4 aromatic rings. The van der Waals surface area contributed by atoms with Crippen LogP contribution >= 0.6 is 15.9 Å². The average molecular weight is 632 g/mol. The molecule has 8 heteroatoms. The van der Waals surface area contributed by atoms with E-state index in [-0.39, 0.29) is 18.3 Å². The zero-order valence-corrected chi connectivity index (χ0v) is 24.6. The SMILES string of the molecule is O=C(NCCc1ccc(F)cc1)[C@]1(Cc2ccc(Br)cc2)N=C(c2ccc(OCCCO)cc2)O[C@@H]1c1ccccc1. The third-order valence-corrected chi connectivity index (χ3v) is 7.66. The molecule has 1 amide bonds. The molecule has 0 unspecified atom stereocenters. The van der Waals surface area contributed by atoms with Crippen molar-refractivity contribution in [1.82, 2.24) is 5.32 Å². The van der Waals surface area contributed by atoms with Crippen LogP contribution in [0.2, 0.25) is 0 Å². The molecule has 5 rings (SSSR count). The van der Waals surface area contributed by atoms with Gasteiger partial charge in [-0.25, -0.2) is 9.38 Å². The summed E-state index contributed by atoms with van der Waals surface area (Å²) < 4.78 is 26.5. The lowest BCUT2D eigenvalue weighted by molar-refractivity contribution is -0.128. The molecule has 6 nitrogen and oxygen atoms in total. The number of aliphatic imine (C=N–C) groups is 1. The average Bonchev–Trinajstić information content (AvgIpc) is 3.40. The molecule has 1 aliphatic rings. The molecule has 2 N–H and O–H groups in total. The Morgan fingerprint density at radius 1 is 0.952 bits per heavy atom. The van der Waals surface area contributed by atoms with Gasteiger partial charge in [-0.15, -0.1) is 0 Å².